The highest BCUT2D eigenvalue weighted by atomic mass is 16.5. The van der Waals surface area contributed by atoms with E-state index < -0.39 is 0 Å². The molecule has 0 saturated heterocycles. The first-order chi connectivity index (χ1) is 7.77. The third kappa shape index (κ3) is 2.42. The van der Waals surface area contributed by atoms with E-state index in [4.69, 9.17) is 4.52 Å². The van der Waals surface area contributed by atoms with Gasteiger partial charge in [0.2, 0.25) is 0 Å². The molecule has 0 spiro atoms. The monoisotopic (exact) mass is 216 g/mol. The van der Waals surface area contributed by atoms with Crippen molar-refractivity contribution in [1.29, 1.82) is 0 Å². The summed E-state index contributed by atoms with van der Waals surface area (Å²) in [4.78, 5) is 0. The number of hydrogen-bond acceptors (Lipinski definition) is 3. The molecule has 16 heavy (non-hydrogen) atoms. The molecule has 1 heterocycles. The van der Waals surface area contributed by atoms with E-state index in [-0.39, 0.29) is 0 Å². The van der Waals surface area contributed by atoms with Crippen LogP contribution in [0.4, 0.5) is 5.69 Å². The van der Waals surface area contributed by atoms with Crippen LogP contribution in [0.15, 0.2) is 41.2 Å². The van der Waals surface area contributed by atoms with E-state index in [0.29, 0.717) is 5.92 Å². The highest BCUT2D eigenvalue weighted by molar-refractivity contribution is 5.52. The summed E-state index contributed by atoms with van der Waals surface area (Å²) in [6.07, 6.45) is 3.38. The van der Waals surface area contributed by atoms with Crippen LogP contribution in [0.1, 0.15) is 30.9 Å². The summed E-state index contributed by atoms with van der Waals surface area (Å²) in [6, 6.07) is 8.37. The number of benzene rings is 1. The summed E-state index contributed by atoms with van der Waals surface area (Å²) in [5.41, 5.74) is 3.57. The number of nitrogens with zero attached hydrogens (tertiary/aromatic N) is 1. The molecule has 1 aromatic heterocycles. The van der Waals surface area contributed by atoms with E-state index in [1.807, 2.05) is 6.07 Å². The van der Waals surface area contributed by atoms with Gasteiger partial charge in [0.05, 0.1) is 6.20 Å². The number of anilines is 1. The lowest BCUT2D eigenvalue weighted by Gasteiger charge is -2.13. The molecule has 2 aromatic rings. The summed E-state index contributed by atoms with van der Waals surface area (Å²) < 4.78 is 4.79. The first-order valence-electron chi connectivity index (χ1n) is 5.48. The van der Waals surface area contributed by atoms with E-state index in [9.17, 15) is 0 Å². The van der Waals surface area contributed by atoms with E-state index in [1.165, 1.54) is 11.3 Å². The van der Waals surface area contributed by atoms with Gasteiger partial charge in [-0.1, -0.05) is 37.2 Å². The molecule has 0 bridgehead atoms. The maximum absolute atomic E-state index is 4.79. The van der Waals surface area contributed by atoms with Crippen LogP contribution in [0.25, 0.3) is 0 Å². The van der Waals surface area contributed by atoms with Crippen molar-refractivity contribution in [3.63, 3.8) is 0 Å². The largest absolute Gasteiger partial charge is 0.381 e. The van der Waals surface area contributed by atoms with Crippen LogP contribution in [0.5, 0.6) is 0 Å². The van der Waals surface area contributed by atoms with Crippen molar-refractivity contribution >= 4 is 5.69 Å². The van der Waals surface area contributed by atoms with Crippen molar-refractivity contribution in [2.45, 2.75) is 26.3 Å². The number of rotatable bonds is 4. The Balaban J connectivity index is 2.09. The Labute approximate surface area is 95.5 Å². The molecule has 0 aliphatic heterocycles. The SMILES string of the molecule is CC(C)c1ccccc1NCc1cnoc1. The smallest absolute Gasteiger partial charge is 0.128 e. The maximum atomic E-state index is 4.79. The Morgan fingerprint density at radius 1 is 1.31 bits per heavy atom. The third-order valence-corrected chi connectivity index (χ3v) is 2.55. The molecule has 0 saturated carbocycles. The van der Waals surface area contributed by atoms with E-state index >= 15 is 0 Å². The Bertz CT molecular complexity index is 435. The van der Waals surface area contributed by atoms with Gasteiger partial charge in [-0.25, -0.2) is 0 Å². The van der Waals surface area contributed by atoms with Crippen LogP contribution < -0.4 is 5.32 Å². The molecular weight excluding hydrogens is 200 g/mol. The van der Waals surface area contributed by atoms with Gasteiger partial charge in [0.25, 0.3) is 0 Å². The highest BCUT2D eigenvalue weighted by Gasteiger charge is 2.05. The summed E-state index contributed by atoms with van der Waals surface area (Å²) in [5, 5.41) is 7.07. The Morgan fingerprint density at radius 3 is 2.81 bits per heavy atom. The Kier molecular flexibility index (Phi) is 3.25. The molecule has 0 radical (unpaired) electrons. The molecule has 1 aromatic carbocycles. The minimum atomic E-state index is 0.520. The van der Waals surface area contributed by atoms with Crippen molar-refractivity contribution in [3.05, 3.63) is 47.9 Å². The van der Waals surface area contributed by atoms with Crippen molar-refractivity contribution in [2.24, 2.45) is 0 Å². The zero-order valence-corrected chi connectivity index (χ0v) is 9.60. The van der Waals surface area contributed by atoms with Crippen molar-refractivity contribution in [2.75, 3.05) is 5.32 Å². The minimum Gasteiger partial charge on any atom is -0.381 e. The van der Waals surface area contributed by atoms with Crippen LogP contribution in [0.2, 0.25) is 0 Å². The fourth-order valence-corrected chi connectivity index (χ4v) is 1.67. The van der Waals surface area contributed by atoms with Gasteiger partial charge in [0, 0.05) is 17.8 Å². The van der Waals surface area contributed by atoms with Crippen LogP contribution in [0, 0.1) is 0 Å². The number of hydrogen-bond donors (Lipinski definition) is 1. The topological polar surface area (TPSA) is 38.1 Å². The standard InChI is InChI=1S/C13H16N2O/c1-10(2)12-5-3-4-6-13(12)14-7-11-8-15-16-9-11/h3-6,8-10,14H,7H2,1-2H3. The van der Waals surface area contributed by atoms with E-state index in [0.717, 1.165) is 12.1 Å². The minimum absolute atomic E-state index is 0.520. The zero-order valence-electron chi connectivity index (χ0n) is 9.60. The van der Waals surface area contributed by atoms with Crippen LogP contribution in [0.3, 0.4) is 0 Å². The lowest BCUT2D eigenvalue weighted by Crippen LogP contribution is -2.02. The molecule has 3 heteroatoms. The van der Waals surface area contributed by atoms with Gasteiger partial charge < -0.3 is 9.84 Å². The summed E-state index contributed by atoms with van der Waals surface area (Å²) in [5.74, 6) is 0.520. The van der Waals surface area contributed by atoms with E-state index in [2.05, 4.69) is 42.5 Å². The number of nitrogens with one attached hydrogen (secondary N) is 1. The molecule has 0 aliphatic carbocycles. The van der Waals surface area contributed by atoms with Crippen molar-refractivity contribution in [1.82, 2.24) is 5.16 Å². The van der Waals surface area contributed by atoms with Crippen LogP contribution in [-0.2, 0) is 6.54 Å². The van der Waals surface area contributed by atoms with Crippen molar-refractivity contribution in [3.8, 4) is 0 Å². The second-order valence-corrected chi connectivity index (χ2v) is 4.13. The second-order valence-electron chi connectivity index (χ2n) is 4.13. The number of aromatic nitrogens is 1. The molecule has 84 valence electrons. The van der Waals surface area contributed by atoms with Gasteiger partial charge in [-0.15, -0.1) is 0 Å². The average molecular weight is 216 g/mol. The highest BCUT2D eigenvalue weighted by Crippen LogP contribution is 2.23. The molecule has 0 fully saturated rings. The molecule has 1 N–H and O–H groups in total. The van der Waals surface area contributed by atoms with Gasteiger partial charge in [-0.05, 0) is 17.5 Å². The first kappa shape index (κ1) is 10.7. The zero-order chi connectivity index (χ0) is 11.4. The number of para-hydroxylation sites is 1. The Morgan fingerprint density at radius 2 is 2.12 bits per heavy atom. The summed E-state index contributed by atoms with van der Waals surface area (Å²) in [6.45, 7) is 5.13. The average Bonchev–Trinajstić information content (AvgIpc) is 2.79. The normalized spacial score (nSPS) is 10.7. The fraction of sp³-hybridized carbons (Fsp3) is 0.308. The van der Waals surface area contributed by atoms with Crippen molar-refractivity contribution < 1.29 is 4.52 Å². The lowest BCUT2D eigenvalue weighted by atomic mass is 10.0. The molecule has 0 aliphatic rings. The molecule has 0 amide bonds. The molecule has 0 atom stereocenters. The molecular formula is C13H16N2O. The van der Waals surface area contributed by atoms with E-state index in [1.54, 1.807) is 12.5 Å². The molecule has 0 unspecified atom stereocenters. The maximum Gasteiger partial charge on any atom is 0.128 e. The summed E-state index contributed by atoms with van der Waals surface area (Å²) in [7, 11) is 0. The third-order valence-electron chi connectivity index (χ3n) is 2.55. The van der Waals surface area contributed by atoms with Gasteiger partial charge in [-0.3, -0.25) is 0 Å². The van der Waals surface area contributed by atoms with Gasteiger partial charge in [0.15, 0.2) is 0 Å². The second kappa shape index (κ2) is 4.84. The van der Waals surface area contributed by atoms with Gasteiger partial charge in [-0.2, -0.15) is 0 Å². The first-order valence-corrected chi connectivity index (χ1v) is 5.48. The lowest BCUT2D eigenvalue weighted by molar-refractivity contribution is 0.419. The van der Waals surface area contributed by atoms with Gasteiger partial charge in [0.1, 0.15) is 6.26 Å². The summed E-state index contributed by atoms with van der Waals surface area (Å²) >= 11 is 0. The fourth-order valence-electron chi connectivity index (χ4n) is 1.67. The van der Waals surface area contributed by atoms with Gasteiger partial charge >= 0.3 is 0 Å². The van der Waals surface area contributed by atoms with Crippen LogP contribution in [-0.4, -0.2) is 5.16 Å². The predicted octanol–water partition coefficient (Wildman–Crippen LogP) is 3.41. The molecule has 3 nitrogen and oxygen atoms in total. The molecule has 2 rings (SSSR count). The Hall–Kier alpha value is -1.77. The quantitative estimate of drug-likeness (QED) is 0.851. The van der Waals surface area contributed by atoms with Crippen LogP contribution >= 0.6 is 0 Å². The predicted molar refractivity (Wildman–Crippen MR) is 64.4 cm³/mol.